The molecule has 0 aliphatic heterocycles. The number of nitrogens with zero attached hydrogens (tertiary/aromatic N) is 3. The second kappa shape index (κ2) is 7.34. The molecule has 25 heavy (non-hydrogen) atoms. The van der Waals surface area contributed by atoms with Crippen LogP contribution in [0.1, 0.15) is 34.1 Å². The van der Waals surface area contributed by atoms with Gasteiger partial charge in [-0.2, -0.15) is 9.97 Å². The Morgan fingerprint density at radius 2 is 1.80 bits per heavy atom. The molecule has 0 radical (unpaired) electrons. The van der Waals surface area contributed by atoms with Crippen LogP contribution in [0.25, 0.3) is 0 Å². The number of ether oxygens (including phenoxy) is 2. The number of H-pyrrole nitrogens is 1. The molecule has 1 aromatic carbocycles. The lowest BCUT2D eigenvalue weighted by Crippen LogP contribution is -2.11. The highest BCUT2D eigenvalue weighted by atomic mass is 16.5. The largest absolute Gasteiger partial charge is 0.481 e. The van der Waals surface area contributed by atoms with Gasteiger partial charge in [-0.1, -0.05) is 18.2 Å². The minimum absolute atomic E-state index is 0.0687. The zero-order valence-electron chi connectivity index (χ0n) is 14.9. The lowest BCUT2D eigenvalue weighted by atomic mass is 9.87. The van der Waals surface area contributed by atoms with Crippen LogP contribution >= 0.6 is 0 Å². The third-order valence-corrected chi connectivity index (χ3v) is 4.45. The summed E-state index contributed by atoms with van der Waals surface area (Å²) in [6.45, 7) is 4.26. The number of nitrogens with one attached hydrogen (secondary N) is 1. The van der Waals surface area contributed by atoms with Crippen LogP contribution in [0.2, 0.25) is 0 Å². The van der Waals surface area contributed by atoms with Crippen LogP contribution in [0.4, 0.5) is 0 Å². The van der Waals surface area contributed by atoms with Crippen LogP contribution in [-0.4, -0.2) is 34.2 Å². The molecule has 3 aromatic rings. The van der Waals surface area contributed by atoms with E-state index >= 15 is 0 Å². The van der Waals surface area contributed by atoms with E-state index in [1.807, 2.05) is 6.20 Å². The summed E-state index contributed by atoms with van der Waals surface area (Å²) in [6.07, 6.45) is 4.16. The van der Waals surface area contributed by atoms with E-state index in [1.165, 1.54) is 16.7 Å². The number of aromatic amines is 1. The van der Waals surface area contributed by atoms with Gasteiger partial charge in [-0.05, 0) is 30.5 Å². The van der Waals surface area contributed by atoms with Crippen molar-refractivity contribution in [3.63, 3.8) is 0 Å². The summed E-state index contributed by atoms with van der Waals surface area (Å²) >= 11 is 0. The predicted octanol–water partition coefficient (Wildman–Crippen LogP) is 3.21. The Balaban J connectivity index is 2.04. The molecule has 0 bridgehead atoms. The molecule has 6 heteroatoms. The van der Waals surface area contributed by atoms with E-state index in [-0.39, 0.29) is 5.92 Å². The van der Waals surface area contributed by atoms with Gasteiger partial charge in [0.25, 0.3) is 0 Å². The van der Waals surface area contributed by atoms with Crippen LogP contribution < -0.4 is 9.47 Å². The van der Waals surface area contributed by atoms with Gasteiger partial charge in [-0.15, -0.1) is 0 Å². The molecule has 1 unspecified atom stereocenters. The first-order chi connectivity index (χ1) is 12.1. The van der Waals surface area contributed by atoms with Crippen molar-refractivity contribution in [1.82, 2.24) is 19.9 Å². The highest BCUT2D eigenvalue weighted by molar-refractivity contribution is 5.40. The Morgan fingerprint density at radius 3 is 2.40 bits per heavy atom. The monoisotopic (exact) mass is 338 g/mol. The number of hydrogen-bond acceptors (Lipinski definition) is 5. The zero-order valence-corrected chi connectivity index (χ0v) is 14.9. The number of methoxy groups -OCH3 is 2. The maximum absolute atomic E-state index is 5.27. The first kappa shape index (κ1) is 17.0. The fourth-order valence-corrected chi connectivity index (χ4v) is 2.93. The molecule has 0 amide bonds. The second-order valence-corrected chi connectivity index (χ2v) is 5.92. The molecule has 0 aliphatic carbocycles. The summed E-state index contributed by atoms with van der Waals surface area (Å²) in [5.41, 5.74) is 4.77. The van der Waals surface area contributed by atoms with Gasteiger partial charge in [0.15, 0.2) is 0 Å². The standard InChI is InChI=1S/C19H22N4O2/c1-12-6-5-7-14(13(12)2)15(16-10-20-11-21-16)8-17-22-18(24-3)9-19(23-17)25-4/h5-7,9-11,15H,8H2,1-4H3,(H,20,21). The zero-order chi connectivity index (χ0) is 17.8. The van der Waals surface area contributed by atoms with Crippen molar-refractivity contribution in [1.29, 1.82) is 0 Å². The Kier molecular flexibility index (Phi) is 4.97. The van der Waals surface area contributed by atoms with E-state index in [2.05, 4.69) is 52.0 Å². The van der Waals surface area contributed by atoms with Gasteiger partial charge in [-0.25, -0.2) is 4.98 Å². The summed E-state index contributed by atoms with van der Waals surface area (Å²) in [5.74, 6) is 1.72. The molecule has 0 spiro atoms. The maximum atomic E-state index is 5.27. The Labute approximate surface area is 147 Å². The van der Waals surface area contributed by atoms with Crippen molar-refractivity contribution >= 4 is 0 Å². The molecule has 1 atom stereocenters. The summed E-state index contributed by atoms with van der Waals surface area (Å²) in [5, 5.41) is 0. The normalized spacial score (nSPS) is 12.0. The molecule has 0 saturated carbocycles. The molecule has 2 heterocycles. The minimum Gasteiger partial charge on any atom is -0.481 e. The van der Waals surface area contributed by atoms with Crippen molar-refractivity contribution in [2.24, 2.45) is 0 Å². The highest BCUT2D eigenvalue weighted by Crippen LogP contribution is 2.30. The molecule has 6 nitrogen and oxygen atoms in total. The van der Waals surface area contributed by atoms with Crippen LogP contribution in [0, 0.1) is 13.8 Å². The lowest BCUT2D eigenvalue weighted by Gasteiger charge is -2.19. The molecule has 0 fully saturated rings. The Morgan fingerprint density at radius 1 is 1.08 bits per heavy atom. The number of rotatable bonds is 6. The van der Waals surface area contributed by atoms with Crippen LogP contribution in [-0.2, 0) is 6.42 Å². The SMILES string of the molecule is COc1cc(OC)nc(CC(c2cnc[nH]2)c2cccc(C)c2C)n1. The third-order valence-electron chi connectivity index (χ3n) is 4.45. The summed E-state index contributed by atoms with van der Waals surface area (Å²) < 4.78 is 10.5. The van der Waals surface area contributed by atoms with Crippen molar-refractivity contribution in [2.45, 2.75) is 26.2 Å². The van der Waals surface area contributed by atoms with E-state index in [0.29, 0.717) is 24.0 Å². The van der Waals surface area contributed by atoms with Crippen molar-refractivity contribution < 1.29 is 9.47 Å². The van der Waals surface area contributed by atoms with E-state index in [4.69, 9.17) is 9.47 Å². The minimum atomic E-state index is 0.0687. The van der Waals surface area contributed by atoms with Crippen molar-refractivity contribution in [3.05, 3.63) is 65.0 Å². The van der Waals surface area contributed by atoms with Gasteiger partial charge in [0, 0.05) is 24.2 Å². The first-order valence-corrected chi connectivity index (χ1v) is 8.12. The molecule has 0 saturated heterocycles. The maximum Gasteiger partial charge on any atom is 0.220 e. The highest BCUT2D eigenvalue weighted by Gasteiger charge is 2.21. The van der Waals surface area contributed by atoms with Gasteiger partial charge in [0.2, 0.25) is 11.8 Å². The van der Waals surface area contributed by atoms with Gasteiger partial charge in [0.1, 0.15) is 5.82 Å². The van der Waals surface area contributed by atoms with Gasteiger partial charge in [-0.3, -0.25) is 0 Å². The van der Waals surface area contributed by atoms with E-state index in [0.717, 1.165) is 5.69 Å². The van der Waals surface area contributed by atoms with E-state index in [9.17, 15) is 0 Å². The van der Waals surface area contributed by atoms with Gasteiger partial charge >= 0.3 is 0 Å². The number of aryl methyl sites for hydroxylation is 1. The number of benzene rings is 1. The fourth-order valence-electron chi connectivity index (χ4n) is 2.93. The topological polar surface area (TPSA) is 72.9 Å². The summed E-state index contributed by atoms with van der Waals surface area (Å²) in [4.78, 5) is 16.4. The smallest absolute Gasteiger partial charge is 0.220 e. The van der Waals surface area contributed by atoms with Crippen molar-refractivity contribution in [3.8, 4) is 11.8 Å². The van der Waals surface area contributed by atoms with Crippen molar-refractivity contribution in [2.75, 3.05) is 14.2 Å². The average molecular weight is 338 g/mol. The van der Waals surface area contributed by atoms with Crippen LogP contribution in [0.5, 0.6) is 11.8 Å². The number of hydrogen-bond donors (Lipinski definition) is 1. The third kappa shape index (κ3) is 3.63. The van der Waals surface area contributed by atoms with Crippen LogP contribution in [0.3, 0.4) is 0 Å². The molecule has 3 rings (SSSR count). The van der Waals surface area contributed by atoms with E-state index in [1.54, 1.807) is 26.6 Å². The molecule has 0 aliphatic rings. The molecular weight excluding hydrogens is 316 g/mol. The number of aromatic nitrogens is 4. The molecule has 2 aromatic heterocycles. The quantitative estimate of drug-likeness (QED) is 0.747. The average Bonchev–Trinajstić information content (AvgIpc) is 3.16. The van der Waals surface area contributed by atoms with Crippen LogP contribution in [0.15, 0.2) is 36.8 Å². The summed E-state index contributed by atoms with van der Waals surface area (Å²) in [6, 6.07) is 8.01. The summed E-state index contributed by atoms with van der Waals surface area (Å²) in [7, 11) is 3.17. The molecule has 1 N–H and O–H groups in total. The van der Waals surface area contributed by atoms with Gasteiger partial charge < -0.3 is 14.5 Å². The number of imidazole rings is 1. The van der Waals surface area contributed by atoms with E-state index < -0.39 is 0 Å². The lowest BCUT2D eigenvalue weighted by molar-refractivity contribution is 0.367. The first-order valence-electron chi connectivity index (χ1n) is 8.12. The Bertz CT molecular complexity index is 824. The van der Waals surface area contributed by atoms with Gasteiger partial charge in [0.05, 0.1) is 26.6 Å². The Hall–Kier alpha value is -2.89. The molecular formula is C19H22N4O2. The fraction of sp³-hybridized carbons (Fsp3) is 0.316. The molecule has 130 valence electrons. The predicted molar refractivity (Wildman–Crippen MR) is 95.2 cm³/mol. The second-order valence-electron chi connectivity index (χ2n) is 5.92.